The monoisotopic (exact) mass is 270 g/mol. The van der Waals surface area contributed by atoms with Crippen molar-refractivity contribution in [1.82, 2.24) is 15.3 Å². The van der Waals surface area contributed by atoms with Gasteiger partial charge in [-0.3, -0.25) is 4.79 Å². The van der Waals surface area contributed by atoms with Gasteiger partial charge >= 0.3 is 0 Å². The van der Waals surface area contributed by atoms with Crippen LogP contribution < -0.4 is 10.6 Å². The highest BCUT2D eigenvalue weighted by molar-refractivity contribution is 5.93. The molecule has 5 nitrogen and oxygen atoms in total. The zero-order chi connectivity index (χ0) is 14.6. The van der Waals surface area contributed by atoms with Gasteiger partial charge in [-0.15, -0.1) is 0 Å². The van der Waals surface area contributed by atoms with Crippen LogP contribution in [0.15, 0.2) is 42.7 Å². The average molecular weight is 270 g/mol. The van der Waals surface area contributed by atoms with Crippen molar-refractivity contribution in [2.45, 2.75) is 26.3 Å². The first kappa shape index (κ1) is 14.0. The number of hydrogen-bond acceptors (Lipinski definition) is 4. The van der Waals surface area contributed by atoms with Gasteiger partial charge in [0, 0.05) is 17.3 Å². The lowest BCUT2D eigenvalue weighted by Crippen LogP contribution is -2.40. The van der Waals surface area contributed by atoms with Gasteiger partial charge in [-0.2, -0.15) is 0 Å². The van der Waals surface area contributed by atoms with E-state index >= 15 is 0 Å². The van der Waals surface area contributed by atoms with E-state index in [1.165, 1.54) is 6.33 Å². The van der Waals surface area contributed by atoms with E-state index in [0.717, 1.165) is 5.69 Å². The van der Waals surface area contributed by atoms with Crippen molar-refractivity contribution in [3.05, 3.63) is 48.4 Å². The minimum atomic E-state index is -0.297. The van der Waals surface area contributed by atoms with E-state index in [1.807, 2.05) is 51.1 Å². The molecule has 1 aromatic heterocycles. The molecule has 0 aliphatic rings. The van der Waals surface area contributed by atoms with Gasteiger partial charge in [0.05, 0.1) is 0 Å². The summed E-state index contributed by atoms with van der Waals surface area (Å²) in [5.41, 5.74) is 0.955. The Morgan fingerprint density at radius 1 is 1.10 bits per heavy atom. The Kier molecular flexibility index (Phi) is 3.98. The maximum absolute atomic E-state index is 12.0. The van der Waals surface area contributed by atoms with Crippen molar-refractivity contribution < 1.29 is 4.79 Å². The number of anilines is 2. The number of nitrogens with one attached hydrogen (secondary N) is 2. The van der Waals surface area contributed by atoms with Crippen LogP contribution in [0, 0.1) is 0 Å². The zero-order valence-corrected chi connectivity index (χ0v) is 11.8. The Balaban J connectivity index is 2.14. The van der Waals surface area contributed by atoms with Crippen LogP contribution in [0.3, 0.4) is 0 Å². The van der Waals surface area contributed by atoms with E-state index in [4.69, 9.17) is 0 Å². The van der Waals surface area contributed by atoms with Crippen LogP contribution in [0.1, 0.15) is 31.3 Å². The third-order valence-corrected chi connectivity index (χ3v) is 2.43. The summed E-state index contributed by atoms with van der Waals surface area (Å²) >= 11 is 0. The number of rotatable bonds is 3. The third-order valence-electron chi connectivity index (χ3n) is 2.43. The fraction of sp³-hybridized carbons (Fsp3) is 0.267. The van der Waals surface area contributed by atoms with Crippen molar-refractivity contribution in [3.8, 4) is 0 Å². The summed E-state index contributed by atoms with van der Waals surface area (Å²) in [5.74, 6) is 0.376. The van der Waals surface area contributed by atoms with Crippen LogP contribution in [0.2, 0.25) is 0 Å². The van der Waals surface area contributed by atoms with Gasteiger partial charge in [0.1, 0.15) is 17.8 Å². The third kappa shape index (κ3) is 4.05. The highest BCUT2D eigenvalue weighted by Gasteiger charge is 2.16. The molecule has 0 radical (unpaired) electrons. The van der Waals surface area contributed by atoms with Crippen molar-refractivity contribution in [3.63, 3.8) is 0 Å². The molecule has 5 heteroatoms. The van der Waals surface area contributed by atoms with Crippen LogP contribution in [0.25, 0.3) is 0 Å². The van der Waals surface area contributed by atoms with E-state index in [2.05, 4.69) is 20.6 Å². The number of hydrogen-bond donors (Lipinski definition) is 2. The molecule has 20 heavy (non-hydrogen) atoms. The van der Waals surface area contributed by atoms with Crippen molar-refractivity contribution in [2.24, 2.45) is 0 Å². The van der Waals surface area contributed by atoms with E-state index in [1.54, 1.807) is 6.07 Å². The number of amides is 1. The molecule has 1 aromatic carbocycles. The molecular formula is C15H18N4O. The molecule has 0 bridgehead atoms. The summed E-state index contributed by atoms with van der Waals surface area (Å²) in [4.78, 5) is 20.1. The Morgan fingerprint density at radius 3 is 2.45 bits per heavy atom. The summed E-state index contributed by atoms with van der Waals surface area (Å²) in [6.07, 6.45) is 1.38. The molecule has 0 spiro atoms. The molecule has 2 aromatic rings. The predicted molar refractivity (Wildman–Crippen MR) is 79.0 cm³/mol. The normalized spacial score (nSPS) is 10.9. The lowest BCUT2D eigenvalue weighted by atomic mass is 10.1. The molecule has 0 aliphatic heterocycles. The largest absolute Gasteiger partial charge is 0.346 e. The zero-order valence-electron chi connectivity index (χ0n) is 11.8. The molecule has 0 saturated heterocycles. The van der Waals surface area contributed by atoms with Gasteiger partial charge in [-0.05, 0) is 32.9 Å². The second-order valence-corrected chi connectivity index (χ2v) is 5.48. The van der Waals surface area contributed by atoms with Gasteiger partial charge in [0.25, 0.3) is 5.91 Å². The molecule has 0 unspecified atom stereocenters. The number of carbonyl (C=O) groups is 1. The molecule has 2 N–H and O–H groups in total. The van der Waals surface area contributed by atoms with Gasteiger partial charge < -0.3 is 10.6 Å². The topological polar surface area (TPSA) is 66.9 Å². The standard InChI is InChI=1S/C15H18N4O/c1-15(2,3)19-14(20)12-9-13(17-10-16-12)18-11-7-5-4-6-8-11/h4-10H,1-3H3,(H,19,20)(H,16,17,18). The van der Waals surface area contributed by atoms with Gasteiger partial charge in [0.15, 0.2) is 0 Å². The first-order valence-corrected chi connectivity index (χ1v) is 6.41. The number of aromatic nitrogens is 2. The lowest BCUT2D eigenvalue weighted by Gasteiger charge is -2.20. The SMILES string of the molecule is CC(C)(C)NC(=O)c1cc(Nc2ccccc2)ncn1. The molecule has 0 fully saturated rings. The number of para-hydroxylation sites is 1. The number of benzene rings is 1. The van der Waals surface area contributed by atoms with Crippen molar-refractivity contribution >= 4 is 17.4 Å². The number of carbonyl (C=O) groups excluding carboxylic acids is 1. The predicted octanol–water partition coefficient (Wildman–Crippen LogP) is 2.75. The summed E-state index contributed by atoms with van der Waals surface area (Å²) < 4.78 is 0. The van der Waals surface area contributed by atoms with Crippen LogP contribution in [-0.2, 0) is 0 Å². The molecule has 1 heterocycles. The fourth-order valence-electron chi connectivity index (χ4n) is 1.62. The summed E-state index contributed by atoms with van der Waals surface area (Å²) in [7, 11) is 0. The maximum Gasteiger partial charge on any atom is 0.270 e. The van der Waals surface area contributed by atoms with Crippen LogP contribution >= 0.6 is 0 Å². The maximum atomic E-state index is 12.0. The molecular weight excluding hydrogens is 252 g/mol. The highest BCUT2D eigenvalue weighted by Crippen LogP contribution is 2.14. The summed E-state index contributed by atoms with van der Waals surface area (Å²) in [6.45, 7) is 5.78. The summed E-state index contributed by atoms with van der Waals surface area (Å²) in [6, 6.07) is 11.3. The smallest absolute Gasteiger partial charge is 0.270 e. The first-order valence-electron chi connectivity index (χ1n) is 6.41. The van der Waals surface area contributed by atoms with E-state index < -0.39 is 0 Å². The molecule has 0 aliphatic carbocycles. The molecule has 2 rings (SSSR count). The quantitative estimate of drug-likeness (QED) is 0.900. The number of nitrogens with zero attached hydrogens (tertiary/aromatic N) is 2. The highest BCUT2D eigenvalue weighted by atomic mass is 16.2. The Bertz CT molecular complexity index is 590. The van der Waals surface area contributed by atoms with Crippen LogP contribution in [0.4, 0.5) is 11.5 Å². The second kappa shape index (κ2) is 5.69. The van der Waals surface area contributed by atoms with Gasteiger partial charge in [0.2, 0.25) is 0 Å². The van der Waals surface area contributed by atoms with Gasteiger partial charge in [-0.25, -0.2) is 9.97 Å². The second-order valence-electron chi connectivity index (χ2n) is 5.48. The lowest BCUT2D eigenvalue weighted by molar-refractivity contribution is 0.0914. The minimum Gasteiger partial charge on any atom is -0.346 e. The fourth-order valence-corrected chi connectivity index (χ4v) is 1.62. The van der Waals surface area contributed by atoms with E-state index in [0.29, 0.717) is 11.5 Å². The first-order chi connectivity index (χ1) is 9.44. The Labute approximate surface area is 118 Å². The average Bonchev–Trinajstić information content (AvgIpc) is 2.38. The molecule has 1 amide bonds. The summed E-state index contributed by atoms with van der Waals surface area (Å²) in [5, 5.41) is 6.00. The Hall–Kier alpha value is -2.43. The Morgan fingerprint density at radius 2 is 1.80 bits per heavy atom. The molecule has 0 saturated carbocycles. The van der Waals surface area contributed by atoms with Crippen molar-refractivity contribution in [1.29, 1.82) is 0 Å². The molecule has 104 valence electrons. The van der Waals surface area contributed by atoms with Crippen molar-refractivity contribution in [2.75, 3.05) is 5.32 Å². The van der Waals surface area contributed by atoms with E-state index in [-0.39, 0.29) is 11.4 Å². The van der Waals surface area contributed by atoms with Crippen LogP contribution in [0.5, 0.6) is 0 Å². The minimum absolute atomic E-state index is 0.212. The molecule has 0 atom stereocenters. The van der Waals surface area contributed by atoms with Crippen LogP contribution in [-0.4, -0.2) is 21.4 Å². The van der Waals surface area contributed by atoms with E-state index in [9.17, 15) is 4.79 Å². The van der Waals surface area contributed by atoms with Gasteiger partial charge in [-0.1, -0.05) is 18.2 Å².